The van der Waals surface area contributed by atoms with Gasteiger partial charge < -0.3 is 0 Å². The molecular weight excluding hydrogens is 264 g/mol. The predicted octanol–water partition coefficient (Wildman–Crippen LogP) is 7.88. The molecule has 0 spiro atoms. The van der Waals surface area contributed by atoms with E-state index in [1.807, 2.05) is 0 Å². The van der Waals surface area contributed by atoms with Gasteiger partial charge in [-0.1, -0.05) is 97.3 Å². The van der Waals surface area contributed by atoms with E-state index >= 15 is 0 Å². The highest BCUT2D eigenvalue weighted by Gasteiger charge is 2.18. The maximum atomic E-state index is 6.47. The monoisotopic (exact) mass is 302 g/mol. The Morgan fingerprint density at radius 2 is 0.950 bits per heavy atom. The smallest absolute Gasteiger partial charge is 0.0418 e. The van der Waals surface area contributed by atoms with Crippen LogP contribution in [-0.2, 0) is 0 Å². The SMILES string of the molecule is CCCCCCCCCCCCCCC(C)(Cl)CCC. The summed E-state index contributed by atoms with van der Waals surface area (Å²) in [5, 5.41) is 0. The van der Waals surface area contributed by atoms with Gasteiger partial charge in [-0.25, -0.2) is 0 Å². The van der Waals surface area contributed by atoms with Gasteiger partial charge in [0.05, 0.1) is 0 Å². The molecule has 0 nitrogen and oxygen atoms in total. The zero-order valence-corrected chi connectivity index (χ0v) is 15.2. The van der Waals surface area contributed by atoms with Crippen molar-refractivity contribution in [2.45, 2.75) is 122 Å². The number of unbranched alkanes of at least 4 members (excludes halogenated alkanes) is 11. The first-order chi connectivity index (χ1) is 9.62. The van der Waals surface area contributed by atoms with Crippen LogP contribution in [0.25, 0.3) is 0 Å². The second-order valence-electron chi connectivity index (χ2n) is 6.80. The molecule has 1 atom stereocenters. The van der Waals surface area contributed by atoms with Gasteiger partial charge in [-0.3, -0.25) is 0 Å². The molecule has 0 saturated heterocycles. The zero-order chi connectivity index (χ0) is 15.1. The molecule has 0 aliphatic carbocycles. The van der Waals surface area contributed by atoms with E-state index in [0.717, 1.165) is 6.42 Å². The van der Waals surface area contributed by atoms with Gasteiger partial charge in [-0.2, -0.15) is 0 Å². The fourth-order valence-electron chi connectivity index (χ4n) is 2.98. The van der Waals surface area contributed by atoms with Crippen LogP contribution in [0.5, 0.6) is 0 Å². The van der Waals surface area contributed by atoms with Crippen LogP contribution in [0.3, 0.4) is 0 Å². The molecule has 0 bridgehead atoms. The van der Waals surface area contributed by atoms with Crippen LogP contribution in [0, 0.1) is 0 Å². The number of hydrogen-bond acceptors (Lipinski definition) is 0. The summed E-state index contributed by atoms with van der Waals surface area (Å²) in [4.78, 5) is 0.0627. The molecule has 0 aromatic rings. The van der Waals surface area contributed by atoms with Gasteiger partial charge >= 0.3 is 0 Å². The molecule has 0 N–H and O–H groups in total. The van der Waals surface area contributed by atoms with E-state index in [9.17, 15) is 0 Å². The first kappa shape index (κ1) is 20.3. The number of halogens is 1. The maximum Gasteiger partial charge on any atom is 0.0418 e. The molecule has 0 heterocycles. The van der Waals surface area contributed by atoms with E-state index < -0.39 is 0 Å². The molecule has 0 fully saturated rings. The first-order valence-corrected chi connectivity index (χ1v) is 9.69. The molecule has 0 saturated carbocycles. The van der Waals surface area contributed by atoms with Crippen LogP contribution in [0.15, 0.2) is 0 Å². The molecule has 0 amide bonds. The quantitative estimate of drug-likeness (QED) is 0.213. The van der Waals surface area contributed by atoms with E-state index in [4.69, 9.17) is 11.6 Å². The van der Waals surface area contributed by atoms with Crippen molar-refractivity contribution in [2.75, 3.05) is 0 Å². The summed E-state index contributed by atoms with van der Waals surface area (Å²) >= 11 is 6.47. The van der Waals surface area contributed by atoms with Gasteiger partial charge in [0.25, 0.3) is 0 Å². The lowest BCUT2D eigenvalue weighted by Crippen LogP contribution is -2.15. The van der Waals surface area contributed by atoms with Crippen molar-refractivity contribution >= 4 is 11.6 Å². The number of alkyl halides is 1. The highest BCUT2D eigenvalue weighted by molar-refractivity contribution is 6.23. The van der Waals surface area contributed by atoms with Gasteiger partial charge in [0, 0.05) is 4.87 Å². The Hall–Kier alpha value is 0.290. The third-order valence-corrected chi connectivity index (χ3v) is 4.70. The van der Waals surface area contributed by atoms with Gasteiger partial charge in [0.15, 0.2) is 0 Å². The Bertz CT molecular complexity index is 186. The summed E-state index contributed by atoms with van der Waals surface area (Å²) in [6.07, 6.45) is 20.6. The summed E-state index contributed by atoms with van der Waals surface area (Å²) in [7, 11) is 0. The summed E-state index contributed by atoms with van der Waals surface area (Å²) in [5.74, 6) is 0. The highest BCUT2D eigenvalue weighted by Crippen LogP contribution is 2.27. The fraction of sp³-hybridized carbons (Fsp3) is 1.00. The molecule has 0 aromatic carbocycles. The molecule has 0 aliphatic rings. The van der Waals surface area contributed by atoms with E-state index in [-0.39, 0.29) is 4.87 Å². The minimum absolute atomic E-state index is 0.0627. The Balaban J connectivity index is 3.13. The zero-order valence-electron chi connectivity index (χ0n) is 14.5. The maximum absolute atomic E-state index is 6.47. The van der Waals surface area contributed by atoms with Crippen LogP contribution < -0.4 is 0 Å². The van der Waals surface area contributed by atoms with Crippen LogP contribution in [0.1, 0.15) is 117 Å². The van der Waals surface area contributed by atoms with E-state index in [2.05, 4.69) is 20.8 Å². The van der Waals surface area contributed by atoms with Crippen molar-refractivity contribution in [3.63, 3.8) is 0 Å². The lowest BCUT2D eigenvalue weighted by atomic mass is 9.97. The van der Waals surface area contributed by atoms with Crippen molar-refractivity contribution in [2.24, 2.45) is 0 Å². The average Bonchev–Trinajstić information content (AvgIpc) is 2.40. The van der Waals surface area contributed by atoms with E-state index in [1.165, 1.54) is 89.9 Å². The molecule has 0 aromatic heterocycles. The van der Waals surface area contributed by atoms with Gasteiger partial charge in [-0.05, 0) is 19.8 Å². The lowest BCUT2D eigenvalue weighted by molar-refractivity contribution is 0.478. The first-order valence-electron chi connectivity index (χ1n) is 9.31. The predicted molar refractivity (Wildman–Crippen MR) is 94.9 cm³/mol. The Labute approximate surface area is 134 Å². The Kier molecular flexibility index (Phi) is 14.4. The standard InChI is InChI=1S/C19H39Cl/c1-4-6-7-8-9-10-11-12-13-14-15-16-18-19(3,20)17-5-2/h4-18H2,1-3H3. The lowest BCUT2D eigenvalue weighted by Gasteiger charge is -2.20. The molecule has 1 heteroatoms. The topological polar surface area (TPSA) is 0 Å². The van der Waals surface area contributed by atoms with Crippen molar-refractivity contribution < 1.29 is 0 Å². The summed E-state index contributed by atoms with van der Waals surface area (Å²) in [5.41, 5.74) is 0. The Morgan fingerprint density at radius 1 is 0.550 bits per heavy atom. The molecule has 0 rings (SSSR count). The van der Waals surface area contributed by atoms with E-state index in [1.54, 1.807) is 0 Å². The molecule has 122 valence electrons. The molecule has 1 unspecified atom stereocenters. The largest absolute Gasteiger partial charge is 0.120 e. The second-order valence-corrected chi connectivity index (χ2v) is 7.71. The van der Waals surface area contributed by atoms with Gasteiger partial charge in [0.1, 0.15) is 0 Å². The average molecular weight is 303 g/mol. The fourth-order valence-corrected chi connectivity index (χ4v) is 3.30. The van der Waals surface area contributed by atoms with E-state index in [0.29, 0.717) is 0 Å². The molecular formula is C19H39Cl. The third kappa shape index (κ3) is 14.7. The van der Waals surface area contributed by atoms with Crippen LogP contribution in [0.2, 0.25) is 0 Å². The normalized spacial score (nSPS) is 14.4. The van der Waals surface area contributed by atoms with Crippen LogP contribution in [-0.4, -0.2) is 4.87 Å². The van der Waals surface area contributed by atoms with Gasteiger partial charge in [-0.15, -0.1) is 11.6 Å². The molecule has 0 radical (unpaired) electrons. The van der Waals surface area contributed by atoms with Crippen LogP contribution >= 0.6 is 11.6 Å². The van der Waals surface area contributed by atoms with Crippen molar-refractivity contribution in [3.05, 3.63) is 0 Å². The Morgan fingerprint density at radius 3 is 1.35 bits per heavy atom. The summed E-state index contributed by atoms with van der Waals surface area (Å²) in [6, 6.07) is 0. The van der Waals surface area contributed by atoms with Gasteiger partial charge in [0.2, 0.25) is 0 Å². The third-order valence-electron chi connectivity index (χ3n) is 4.32. The van der Waals surface area contributed by atoms with Crippen molar-refractivity contribution in [1.29, 1.82) is 0 Å². The summed E-state index contributed by atoms with van der Waals surface area (Å²) < 4.78 is 0. The highest BCUT2D eigenvalue weighted by atomic mass is 35.5. The minimum atomic E-state index is 0.0627. The van der Waals surface area contributed by atoms with Crippen molar-refractivity contribution in [3.8, 4) is 0 Å². The second kappa shape index (κ2) is 14.2. The van der Waals surface area contributed by atoms with Crippen LogP contribution in [0.4, 0.5) is 0 Å². The van der Waals surface area contributed by atoms with Crippen molar-refractivity contribution in [1.82, 2.24) is 0 Å². The number of hydrogen-bond donors (Lipinski definition) is 0. The molecule has 0 aliphatic heterocycles. The summed E-state index contributed by atoms with van der Waals surface area (Å²) in [6.45, 7) is 6.72. The number of rotatable bonds is 15. The minimum Gasteiger partial charge on any atom is -0.120 e. The molecule has 20 heavy (non-hydrogen) atoms.